The molecule has 108 heavy (non-hydrogen) atoms. The van der Waals surface area contributed by atoms with Gasteiger partial charge in [-0.15, -0.1) is 0 Å². The van der Waals surface area contributed by atoms with Crippen LogP contribution in [0.15, 0.2) is 170 Å². The first-order valence-electron chi connectivity index (χ1n) is 35.3. The summed E-state index contributed by atoms with van der Waals surface area (Å²) in [5.74, 6) is -1.05. The fourth-order valence-corrected chi connectivity index (χ4v) is 11.8. The van der Waals surface area contributed by atoms with Crippen molar-refractivity contribution in [3.05, 3.63) is 259 Å². The fraction of sp³-hybridized carbons (Fsp3) is 0.286. The Morgan fingerprint density at radius 1 is 0.296 bits per heavy atom. The lowest BCUT2D eigenvalue weighted by molar-refractivity contribution is -0.138. The Kier molecular flexibility index (Phi) is 27.8. The van der Waals surface area contributed by atoms with Crippen molar-refractivity contribution in [3.63, 3.8) is 0 Å². The summed E-state index contributed by atoms with van der Waals surface area (Å²) in [4.78, 5) is 55.4. The molecule has 1 aliphatic rings. The predicted molar refractivity (Wildman–Crippen MR) is 395 cm³/mol. The summed E-state index contributed by atoms with van der Waals surface area (Å²) in [6.07, 6.45) is -2.12. The highest BCUT2D eigenvalue weighted by Gasteiger charge is 2.34. The third-order valence-electron chi connectivity index (χ3n) is 17.2. The number of amides is 4. The number of nitrogens with one attached hydrogen (secondary N) is 4. The summed E-state index contributed by atoms with van der Waals surface area (Å²) >= 11 is 0. The Labute approximate surface area is 617 Å². The summed E-state index contributed by atoms with van der Waals surface area (Å²) in [7, 11) is 0. The van der Waals surface area contributed by atoms with Gasteiger partial charge in [0.2, 0.25) is 23.6 Å². The van der Waals surface area contributed by atoms with Crippen molar-refractivity contribution in [2.24, 2.45) is 0 Å². The molecule has 24 heteroatoms. The lowest BCUT2D eigenvalue weighted by Crippen LogP contribution is -2.12. The Bertz CT molecular complexity index is 3910. The topological polar surface area (TPSA) is 153 Å². The van der Waals surface area contributed by atoms with Crippen LogP contribution in [0.5, 0.6) is 23.0 Å². The summed E-state index contributed by atoms with van der Waals surface area (Å²) in [5.41, 5.74) is 2.97. The monoisotopic (exact) mass is 1500 g/mol. The van der Waals surface area contributed by atoms with E-state index in [2.05, 4.69) is 21.3 Å². The molecule has 9 rings (SSSR count). The van der Waals surface area contributed by atoms with Crippen molar-refractivity contribution in [1.29, 1.82) is 0 Å². The number of halogens is 12. The van der Waals surface area contributed by atoms with Crippen LogP contribution in [0.3, 0.4) is 0 Å². The number of hydrogen-bond donors (Lipinski definition) is 4. The third kappa shape index (κ3) is 23.5. The van der Waals surface area contributed by atoms with E-state index in [0.29, 0.717) is 115 Å². The largest absolute Gasteiger partial charge is 0.493 e. The summed E-state index contributed by atoms with van der Waals surface area (Å²) in [5, 5.41) is 10.5. The molecule has 0 saturated carbocycles. The van der Waals surface area contributed by atoms with Crippen LogP contribution >= 0.6 is 0 Å². The van der Waals surface area contributed by atoms with Crippen molar-refractivity contribution in [1.82, 2.24) is 0 Å². The molecule has 0 heterocycles. The third-order valence-corrected chi connectivity index (χ3v) is 17.2. The minimum absolute atomic E-state index is 0.0195. The van der Waals surface area contributed by atoms with E-state index in [1.807, 2.05) is 76.2 Å². The van der Waals surface area contributed by atoms with Crippen molar-refractivity contribution >= 4 is 70.7 Å². The maximum absolute atomic E-state index is 13.8. The normalized spacial score (nSPS) is 12.7. The second-order valence-electron chi connectivity index (χ2n) is 25.8. The lowest BCUT2D eigenvalue weighted by Gasteiger charge is -2.24. The number of rotatable bonds is 28. The highest BCUT2D eigenvalue weighted by Crippen LogP contribution is 2.43. The van der Waals surface area contributed by atoms with Gasteiger partial charge in [0.05, 0.1) is 48.7 Å². The van der Waals surface area contributed by atoms with Crippen LogP contribution in [-0.4, -0.2) is 50.1 Å². The van der Waals surface area contributed by atoms with Gasteiger partial charge in [-0.3, -0.25) is 19.2 Å². The molecular formula is C84H80F12N4O8. The minimum Gasteiger partial charge on any atom is -0.493 e. The first-order valence-corrected chi connectivity index (χ1v) is 35.3. The van der Waals surface area contributed by atoms with Crippen LogP contribution in [0, 0.1) is 0 Å². The van der Waals surface area contributed by atoms with Crippen LogP contribution in [0.4, 0.5) is 75.4 Å². The van der Waals surface area contributed by atoms with Gasteiger partial charge in [0.15, 0.2) is 0 Å². The molecule has 0 unspecified atom stereocenters. The van der Waals surface area contributed by atoms with E-state index < -0.39 is 70.6 Å². The zero-order chi connectivity index (χ0) is 77.8. The van der Waals surface area contributed by atoms with Gasteiger partial charge in [-0.25, -0.2) is 0 Å². The molecule has 4 amide bonds. The first kappa shape index (κ1) is 81.0. The van der Waals surface area contributed by atoms with E-state index in [9.17, 15) is 71.9 Å². The molecule has 0 spiro atoms. The van der Waals surface area contributed by atoms with E-state index in [0.717, 1.165) is 123 Å². The van der Waals surface area contributed by atoms with Gasteiger partial charge in [-0.05, 0) is 262 Å². The molecule has 0 atom stereocenters. The molecule has 1 aliphatic carbocycles. The predicted octanol–water partition coefficient (Wildman–Crippen LogP) is 21.8. The van der Waals surface area contributed by atoms with Gasteiger partial charge < -0.3 is 40.2 Å². The maximum atomic E-state index is 13.8. The van der Waals surface area contributed by atoms with Crippen molar-refractivity contribution in [2.45, 2.75) is 129 Å². The zero-order valence-corrected chi connectivity index (χ0v) is 59.6. The van der Waals surface area contributed by atoms with Crippen LogP contribution < -0.4 is 40.2 Å². The molecule has 0 radical (unpaired) electrons. The molecule has 0 aromatic heterocycles. The van der Waals surface area contributed by atoms with Crippen LogP contribution in [0.1, 0.15) is 168 Å². The Hall–Kier alpha value is -11.0. The molecular weight excluding hydrogens is 1420 g/mol. The highest BCUT2D eigenvalue weighted by molar-refractivity contribution is 6.04. The fourth-order valence-electron chi connectivity index (χ4n) is 11.8. The van der Waals surface area contributed by atoms with E-state index in [4.69, 9.17) is 18.9 Å². The van der Waals surface area contributed by atoms with E-state index >= 15 is 0 Å². The van der Waals surface area contributed by atoms with Crippen molar-refractivity contribution < 1.29 is 90.8 Å². The van der Waals surface area contributed by atoms with Crippen LogP contribution in [-0.2, 0) is 69.6 Å². The summed E-state index contributed by atoms with van der Waals surface area (Å²) < 4.78 is 191. The highest BCUT2D eigenvalue weighted by atomic mass is 19.4. The number of carbonyl (C=O) groups is 4. The van der Waals surface area contributed by atoms with E-state index in [1.54, 1.807) is 0 Å². The first-order chi connectivity index (χ1) is 51.5. The van der Waals surface area contributed by atoms with E-state index in [1.165, 1.54) is 48.6 Å². The van der Waals surface area contributed by atoms with Gasteiger partial charge in [0.1, 0.15) is 23.0 Å². The van der Waals surface area contributed by atoms with Gasteiger partial charge in [0, 0.05) is 72.7 Å². The molecule has 8 bridgehead atoms. The SMILES string of the molecule is CCCCOc1c2cc(C=CC(=O)Nc3ccc(C(F)(F)F)cc3)cc1Cc1cc(/C=C/C(=O)Nc3ccc(C(F)(F)F)cc3)cc(c1OCCCC)Cc1cc(/C=C/C(=O)Nc3ccc(C(F)(F)F)cc3)cc(c1OCCCC)Cc1cc(C=CC(=O)Nc3ccc(C(F)(F)F)cc3)cc(c1OCCCC)C2. The average Bonchev–Trinajstić information content (AvgIpc) is 0.770. The lowest BCUT2D eigenvalue weighted by atomic mass is 9.88. The van der Waals surface area contributed by atoms with Gasteiger partial charge in [-0.1, -0.05) is 53.4 Å². The second-order valence-corrected chi connectivity index (χ2v) is 25.8. The molecule has 0 saturated heterocycles. The number of hydrogen-bond acceptors (Lipinski definition) is 8. The molecule has 0 aliphatic heterocycles. The molecule has 8 aromatic rings. The summed E-state index contributed by atoms with van der Waals surface area (Å²) in [6.45, 7) is 8.83. The molecule has 8 aromatic carbocycles. The van der Waals surface area contributed by atoms with E-state index in [-0.39, 0.29) is 74.9 Å². The van der Waals surface area contributed by atoms with Crippen molar-refractivity contribution in [3.8, 4) is 23.0 Å². The number of anilines is 4. The minimum atomic E-state index is -4.63. The molecule has 0 fully saturated rings. The maximum Gasteiger partial charge on any atom is 0.416 e. The van der Waals surface area contributed by atoms with Crippen LogP contribution in [0.25, 0.3) is 24.3 Å². The number of benzene rings is 8. The quantitative estimate of drug-likeness (QED) is 0.0215. The number of fused-ring (bicyclic) bond motifs is 8. The number of ether oxygens (including phenoxy) is 4. The number of alkyl halides is 12. The number of carbonyl (C=O) groups excluding carboxylic acids is 4. The average molecular weight is 1500 g/mol. The Balaban J connectivity index is 1.30. The molecule has 4 N–H and O–H groups in total. The number of unbranched alkanes of at least 4 members (excludes halogenated alkanes) is 4. The van der Waals surface area contributed by atoms with Crippen LogP contribution in [0.2, 0.25) is 0 Å². The second kappa shape index (κ2) is 37.0. The van der Waals surface area contributed by atoms with Crippen molar-refractivity contribution in [2.75, 3.05) is 47.7 Å². The Morgan fingerprint density at radius 2 is 0.463 bits per heavy atom. The molecule has 12 nitrogen and oxygen atoms in total. The van der Waals surface area contributed by atoms with Gasteiger partial charge in [-0.2, -0.15) is 52.7 Å². The molecule has 568 valence electrons. The summed E-state index contributed by atoms with van der Waals surface area (Å²) in [6, 6.07) is 30.3. The standard InChI is InChI=1S/C84H80F12N4O8/c1-5-9-37-105-77-57-41-53(13-33-73(101)97-69-25-17-65(18-26-69)81(85,86)87)42-58(77)50-60-44-55(15-35-75(103)99-71-29-21-67(22-30-71)83(91,92)93)46-62(79(60)107-39-11-7-3)52-64-48-56(16-36-76(104)100-72-31-23-68(24-32-72)84(94,95)96)47-63(80(64)108-40-12-8-4)51-61-45-54(43-59(49-57)78(61)106-38-10-6-2)14-34-74(102)98-70-27-19-66(20-28-70)82(88,89)90/h13-36,41-48H,5-12,37-40,49-52H2,1-4H3,(H,97,101)(H,98,102)(H,99,103)(H,100,104)/b33-13+,34-14+,35-15?,36-16?. The van der Waals surface area contributed by atoms with Gasteiger partial charge in [0.25, 0.3) is 0 Å². The van der Waals surface area contributed by atoms with Gasteiger partial charge >= 0.3 is 24.7 Å². The Morgan fingerprint density at radius 3 is 0.611 bits per heavy atom. The smallest absolute Gasteiger partial charge is 0.416 e. The zero-order valence-electron chi connectivity index (χ0n) is 59.6.